The molecule has 104 valence electrons. The molecule has 0 aromatic carbocycles. The van der Waals surface area contributed by atoms with E-state index in [4.69, 9.17) is 9.84 Å². The Hall–Kier alpha value is -2.11. The number of aromatic carboxylic acids is 1. The predicted molar refractivity (Wildman–Crippen MR) is 69.4 cm³/mol. The quantitative estimate of drug-likeness (QED) is 0.840. The van der Waals surface area contributed by atoms with Crippen molar-refractivity contribution in [3.05, 3.63) is 23.5 Å². The van der Waals surface area contributed by atoms with Gasteiger partial charge in [-0.1, -0.05) is 0 Å². The molecule has 6 heteroatoms. The SMILES string of the molecule is CCN(CC)C(=O)COc1ccc(C)nc1C(=O)O. The van der Waals surface area contributed by atoms with E-state index in [2.05, 4.69) is 4.98 Å². The maximum Gasteiger partial charge on any atom is 0.358 e. The second-order valence-electron chi connectivity index (χ2n) is 3.96. The van der Waals surface area contributed by atoms with Crippen LogP contribution in [0.1, 0.15) is 30.0 Å². The molecule has 0 saturated heterocycles. The van der Waals surface area contributed by atoms with Crippen LogP contribution in [0.3, 0.4) is 0 Å². The molecular weight excluding hydrogens is 248 g/mol. The molecule has 0 aliphatic carbocycles. The molecule has 0 fully saturated rings. The second-order valence-corrected chi connectivity index (χ2v) is 3.96. The van der Waals surface area contributed by atoms with Gasteiger partial charge in [0.15, 0.2) is 18.1 Å². The normalized spacial score (nSPS) is 10.1. The largest absolute Gasteiger partial charge is 0.481 e. The topological polar surface area (TPSA) is 79.7 Å². The Bertz CT molecular complexity index is 470. The van der Waals surface area contributed by atoms with Gasteiger partial charge in [0.1, 0.15) is 0 Å². The third-order valence-electron chi connectivity index (χ3n) is 2.67. The number of carboxylic acids is 1. The van der Waals surface area contributed by atoms with Gasteiger partial charge in [-0.05, 0) is 32.9 Å². The molecule has 1 amide bonds. The molecule has 0 saturated carbocycles. The summed E-state index contributed by atoms with van der Waals surface area (Å²) >= 11 is 0. The number of nitrogens with zero attached hydrogens (tertiary/aromatic N) is 2. The molecule has 0 aliphatic rings. The van der Waals surface area contributed by atoms with Crippen molar-refractivity contribution in [2.75, 3.05) is 19.7 Å². The van der Waals surface area contributed by atoms with Gasteiger partial charge in [-0.3, -0.25) is 4.79 Å². The van der Waals surface area contributed by atoms with Crippen LogP contribution in [0.25, 0.3) is 0 Å². The number of amides is 1. The summed E-state index contributed by atoms with van der Waals surface area (Å²) < 4.78 is 5.27. The molecule has 0 bridgehead atoms. The van der Waals surface area contributed by atoms with Crippen molar-refractivity contribution in [3.8, 4) is 5.75 Å². The lowest BCUT2D eigenvalue weighted by Crippen LogP contribution is -2.34. The summed E-state index contributed by atoms with van der Waals surface area (Å²) in [4.78, 5) is 28.3. The molecule has 0 atom stereocenters. The van der Waals surface area contributed by atoms with Crippen LogP contribution >= 0.6 is 0 Å². The average Bonchev–Trinajstić information content (AvgIpc) is 2.38. The maximum absolute atomic E-state index is 11.8. The fourth-order valence-corrected chi connectivity index (χ4v) is 1.62. The molecule has 1 aromatic heterocycles. The minimum absolute atomic E-state index is 0.110. The number of aryl methyl sites for hydroxylation is 1. The molecule has 0 aliphatic heterocycles. The van der Waals surface area contributed by atoms with Crippen LogP contribution in [0.4, 0.5) is 0 Å². The summed E-state index contributed by atoms with van der Waals surface area (Å²) in [6.07, 6.45) is 0. The van der Waals surface area contributed by atoms with E-state index in [1.165, 1.54) is 6.07 Å². The van der Waals surface area contributed by atoms with Gasteiger partial charge < -0.3 is 14.7 Å². The van der Waals surface area contributed by atoms with Gasteiger partial charge in [0, 0.05) is 18.8 Å². The van der Waals surface area contributed by atoms with Crippen LogP contribution in [0, 0.1) is 6.92 Å². The smallest absolute Gasteiger partial charge is 0.358 e. The van der Waals surface area contributed by atoms with Crippen LogP contribution in [-0.4, -0.2) is 46.6 Å². The Balaban J connectivity index is 2.78. The fourth-order valence-electron chi connectivity index (χ4n) is 1.62. The van der Waals surface area contributed by atoms with Crippen molar-refractivity contribution in [1.82, 2.24) is 9.88 Å². The van der Waals surface area contributed by atoms with Gasteiger partial charge in [0.2, 0.25) is 0 Å². The van der Waals surface area contributed by atoms with Crippen LogP contribution in [0.2, 0.25) is 0 Å². The van der Waals surface area contributed by atoms with E-state index in [0.29, 0.717) is 18.8 Å². The minimum atomic E-state index is -1.17. The molecule has 1 N–H and O–H groups in total. The summed E-state index contributed by atoms with van der Waals surface area (Å²) in [7, 11) is 0. The van der Waals surface area contributed by atoms with E-state index in [1.807, 2.05) is 13.8 Å². The van der Waals surface area contributed by atoms with E-state index in [0.717, 1.165) is 0 Å². The van der Waals surface area contributed by atoms with Crippen molar-refractivity contribution in [2.24, 2.45) is 0 Å². The monoisotopic (exact) mass is 266 g/mol. The first kappa shape index (κ1) is 14.9. The van der Waals surface area contributed by atoms with Crippen LogP contribution in [-0.2, 0) is 4.79 Å². The predicted octanol–water partition coefficient (Wildman–Crippen LogP) is 1.34. The van der Waals surface area contributed by atoms with E-state index >= 15 is 0 Å². The Morgan fingerprint density at radius 2 is 1.95 bits per heavy atom. The highest BCUT2D eigenvalue weighted by atomic mass is 16.5. The number of rotatable bonds is 6. The molecule has 0 spiro atoms. The first-order valence-electron chi connectivity index (χ1n) is 6.11. The molecule has 1 heterocycles. The number of carbonyl (C=O) groups excluding carboxylic acids is 1. The number of ether oxygens (including phenoxy) is 1. The second kappa shape index (κ2) is 6.72. The van der Waals surface area contributed by atoms with Crippen molar-refractivity contribution in [3.63, 3.8) is 0 Å². The van der Waals surface area contributed by atoms with Crippen molar-refractivity contribution in [2.45, 2.75) is 20.8 Å². The lowest BCUT2D eigenvalue weighted by Gasteiger charge is -2.18. The number of hydrogen-bond acceptors (Lipinski definition) is 4. The Kier molecular flexibility index (Phi) is 5.29. The minimum Gasteiger partial charge on any atom is -0.481 e. The van der Waals surface area contributed by atoms with Gasteiger partial charge in [0.05, 0.1) is 0 Å². The van der Waals surface area contributed by atoms with Gasteiger partial charge in [-0.25, -0.2) is 9.78 Å². The zero-order chi connectivity index (χ0) is 14.4. The molecule has 1 aromatic rings. The number of aromatic nitrogens is 1. The van der Waals surface area contributed by atoms with Gasteiger partial charge in [-0.2, -0.15) is 0 Å². The first-order valence-corrected chi connectivity index (χ1v) is 6.11. The number of likely N-dealkylation sites (N-methyl/N-ethyl adjacent to an activating group) is 1. The summed E-state index contributed by atoms with van der Waals surface area (Å²) in [5.41, 5.74) is 0.409. The molecule has 0 unspecified atom stereocenters. The number of pyridine rings is 1. The average molecular weight is 266 g/mol. The summed E-state index contributed by atoms with van der Waals surface area (Å²) in [5, 5.41) is 9.02. The van der Waals surface area contributed by atoms with Crippen molar-refractivity contribution >= 4 is 11.9 Å². The van der Waals surface area contributed by atoms with Crippen molar-refractivity contribution in [1.29, 1.82) is 0 Å². The van der Waals surface area contributed by atoms with E-state index in [9.17, 15) is 9.59 Å². The van der Waals surface area contributed by atoms with Gasteiger partial charge >= 0.3 is 5.97 Å². The third kappa shape index (κ3) is 3.94. The number of carbonyl (C=O) groups is 2. The zero-order valence-corrected chi connectivity index (χ0v) is 11.3. The van der Waals surface area contributed by atoms with Gasteiger partial charge in [0.25, 0.3) is 5.91 Å². The fraction of sp³-hybridized carbons (Fsp3) is 0.462. The third-order valence-corrected chi connectivity index (χ3v) is 2.67. The van der Waals surface area contributed by atoms with Crippen LogP contribution in [0.15, 0.2) is 12.1 Å². The summed E-state index contributed by atoms with van der Waals surface area (Å²) in [6, 6.07) is 3.16. The van der Waals surface area contributed by atoms with Crippen molar-refractivity contribution < 1.29 is 19.4 Å². The maximum atomic E-state index is 11.8. The molecule has 0 radical (unpaired) electrons. The first-order chi connectivity index (χ1) is 8.99. The summed E-state index contributed by atoms with van der Waals surface area (Å²) in [5.74, 6) is -1.24. The highest BCUT2D eigenvalue weighted by molar-refractivity contribution is 5.88. The molecule has 19 heavy (non-hydrogen) atoms. The lowest BCUT2D eigenvalue weighted by molar-refractivity contribution is -0.133. The van der Waals surface area contributed by atoms with Crippen LogP contribution in [0.5, 0.6) is 5.75 Å². The molecule has 1 rings (SSSR count). The van der Waals surface area contributed by atoms with Gasteiger partial charge in [-0.15, -0.1) is 0 Å². The van der Waals surface area contributed by atoms with E-state index < -0.39 is 5.97 Å². The highest BCUT2D eigenvalue weighted by Crippen LogP contribution is 2.17. The Morgan fingerprint density at radius 3 is 2.47 bits per heavy atom. The van der Waals surface area contributed by atoms with Crippen LogP contribution < -0.4 is 4.74 Å². The number of carboxylic acid groups (broad SMARTS) is 1. The van der Waals surface area contributed by atoms with E-state index in [1.54, 1.807) is 17.9 Å². The molecular formula is C13H18N2O4. The zero-order valence-electron chi connectivity index (χ0n) is 11.3. The lowest BCUT2D eigenvalue weighted by atomic mass is 10.3. The van der Waals surface area contributed by atoms with E-state index in [-0.39, 0.29) is 24.0 Å². The summed E-state index contributed by atoms with van der Waals surface area (Å²) in [6.45, 7) is 6.44. The Morgan fingerprint density at radius 1 is 1.32 bits per heavy atom. The number of hydrogen-bond donors (Lipinski definition) is 1. The Labute approximate surface area is 112 Å². The highest BCUT2D eigenvalue weighted by Gasteiger charge is 2.16. The molecule has 6 nitrogen and oxygen atoms in total. The standard InChI is InChI=1S/C13H18N2O4/c1-4-15(5-2)11(16)8-19-10-7-6-9(3)14-12(10)13(17)18/h6-7H,4-5,8H2,1-3H3,(H,17,18).